The third kappa shape index (κ3) is 4.17. The molecule has 2 heterocycles. The number of carbonyl (C=O) groups is 2. The van der Waals surface area contributed by atoms with Crippen molar-refractivity contribution in [3.63, 3.8) is 0 Å². The maximum Gasteiger partial charge on any atom is 0.230 e. The Morgan fingerprint density at radius 1 is 1.21 bits per heavy atom. The van der Waals surface area contributed by atoms with Crippen molar-refractivity contribution >= 4 is 23.2 Å². The number of hydrogen-bond donors (Lipinski definition) is 2. The van der Waals surface area contributed by atoms with Crippen LogP contribution in [0.2, 0.25) is 0 Å². The Morgan fingerprint density at radius 2 is 1.93 bits per heavy atom. The second kappa shape index (κ2) is 7.38. The fourth-order valence-corrected chi connectivity index (χ4v) is 4.58. The molecule has 2 fully saturated rings. The van der Waals surface area contributed by atoms with Crippen LogP contribution in [0.15, 0.2) is 18.2 Å². The van der Waals surface area contributed by atoms with E-state index >= 15 is 0 Å². The predicted molar refractivity (Wildman–Crippen MR) is 113 cm³/mol. The molecule has 0 radical (unpaired) electrons. The number of rotatable bonds is 4. The summed E-state index contributed by atoms with van der Waals surface area (Å²) >= 11 is 0. The summed E-state index contributed by atoms with van der Waals surface area (Å²) in [5.41, 5.74) is 5.44. The van der Waals surface area contributed by atoms with Gasteiger partial charge in [0.2, 0.25) is 11.8 Å². The van der Waals surface area contributed by atoms with Gasteiger partial charge in [-0.3, -0.25) is 15.0 Å². The van der Waals surface area contributed by atoms with Crippen molar-refractivity contribution in [2.24, 2.45) is 5.92 Å². The number of anilines is 2. The van der Waals surface area contributed by atoms with Gasteiger partial charge in [0, 0.05) is 44.9 Å². The largest absolute Gasteiger partial charge is 0.389 e. The molecule has 0 aromatic heterocycles. The van der Waals surface area contributed by atoms with Gasteiger partial charge in [-0.1, -0.05) is 6.07 Å². The van der Waals surface area contributed by atoms with Crippen LogP contribution in [-0.4, -0.2) is 59.8 Å². The van der Waals surface area contributed by atoms with Crippen LogP contribution >= 0.6 is 0 Å². The Bertz CT molecular complexity index is 815. The van der Waals surface area contributed by atoms with Crippen LogP contribution < -0.4 is 15.2 Å². The molecule has 1 unspecified atom stereocenters. The van der Waals surface area contributed by atoms with Crippen molar-refractivity contribution in [3.8, 4) is 0 Å². The molecule has 2 aliphatic heterocycles. The van der Waals surface area contributed by atoms with Crippen LogP contribution in [0.4, 0.5) is 11.4 Å². The van der Waals surface area contributed by atoms with Crippen molar-refractivity contribution in [3.05, 3.63) is 23.8 Å². The highest BCUT2D eigenvalue weighted by Gasteiger charge is 2.40. The molecular weight excluding hydrogens is 368 g/mol. The smallest absolute Gasteiger partial charge is 0.230 e. The molecule has 29 heavy (non-hydrogen) atoms. The quantitative estimate of drug-likeness (QED) is 0.807. The van der Waals surface area contributed by atoms with Crippen molar-refractivity contribution in [2.45, 2.75) is 58.1 Å². The number of hydrogen-bond acceptors (Lipinski definition) is 5. The predicted octanol–water partition coefficient (Wildman–Crippen LogP) is 1.86. The summed E-state index contributed by atoms with van der Waals surface area (Å²) in [6.07, 6.45) is 1.93. The standard InChI is InChI=1S/C22H32N4O3/c1-14-11-25(21(28)16-5-6-16)20-9-17(7-8-19(20)26(14)15(2)27)18-10-23-24(12-18)13-22(3,4)29/h7-9,14,16,18,23,29H,5-6,10-13H2,1-4H3/t14-,18?/m0/s1. The molecular formula is C22H32N4O3. The summed E-state index contributed by atoms with van der Waals surface area (Å²) in [6.45, 7) is 9.88. The second-order valence-corrected chi connectivity index (χ2v) is 9.46. The van der Waals surface area contributed by atoms with E-state index in [-0.39, 0.29) is 29.7 Å². The molecule has 1 aromatic carbocycles. The molecule has 0 spiro atoms. The van der Waals surface area contributed by atoms with E-state index in [2.05, 4.69) is 22.6 Å². The monoisotopic (exact) mass is 400 g/mol. The normalized spacial score (nSPS) is 25.3. The Labute approximate surface area is 172 Å². The number of fused-ring (bicyclic) bond motifs is 1. The molecule has 7 nitrogen and oxygen atoms in total. The van der Waals surface area contributed by atoms with Crippen LogP contribution in [0.3, 0.4) is 0 Å². The Hall–Kier alpha value is -1.96. The number of amides is 2. The molecule has 4 rings (SSSR count). The highest BCUT2D eigenvalue weighted by atomic mass is 16.3. The van der Waals surface area contributed by atoms with E-state index < -0.39 is 5.60 Å². The lowest BCUT2D eigenvalue weighted by molar-refractivity contribution is -0.120. The third-order valence-corrected chi connectivity index (χ3v) is 6.02. The first-order valence-electron chi connectivity index (χ1n) is 10.6. The second-order valence-electron chi connectivity index (χ2n) is 9.46. The maximum absolute atomic E-state index is 13.0. The summed E-state index contributed by atoms with van der Waals surface area (Å²) in [5, 5.41) is 12.1. The van der Waals surface area contributed by atoms with Gasteiger partial charge in [0.1, 0.15) is 0 Å². The first-order valence-corrected chi connectivity index (χ1v) is 10.6. The lowest BCUT2D eigenvalue weighted by Crippen LogP contribution is -2.51. The summed E-state index contributed by atoms with van der Waals surface area (Å²) in [7, 11) is 0. The third-order valence-electron chi connectivity index (χ3n) is 6.02. The lowest BCUT2D eigenvalue weighted by atomic mass is 9.96. The molecule has 2 amide bonds. The molecule has 2 atom stereocenters. The Morgan fingerprint density at radius 3 is 2.55 bits per heavy atom. The minimum Gasteiger partial charge on any atom is -0.389 e. The van der Waals surface area contributed by atoms with Crippen molar-refractivity contribution in [2.75, 3.05) is 36.0 Å². The fourth-order valence-electron chi connectivity index (χ4n) is 4.58. The van der Waals surface area contributed by atoms with Gasteiger partial charge < -0.3 is 14.9 Å². The molecule has 1 saturated heterocycles. The first kappa shape index (κ1) is 20.3. The SMILES string of the molecule is CC(=O)N1c2ccc(C3CNN(CC(C)(C)O)C3)cc2N(C(=O)C2CC2)C[C@@H]1C. The van der Waals surface area contributed by atoms with Gasteiger partial charge in [0.25, 0.3) is 0 Å². The first-order chi connectivity index (χ1) is 13.6. The van der Waals surface area contributed by atoms with Crippen LogP contribution in [0.1, 0.15) is 52.0 Å². The van der Waals surface area contributed by atoms with Gasteiger partial charge in [-0.25, -0.2) is 5.01 Å². The minimum absolute atomic E-state index is 0.00362. The average molecular weight is 401 g/mol. The molecule has 0 bridgehead atoms. The van der Waals surface area contributed by atoms with E-state index in [0.29, 0.717) is 13.1 Å². The summed E-state index contributed by atoms with van der Waals surface area (Å²) < 4.78 is 0. The van der Waals surface area contributed by atoms with E-state index in [4.69, 9.17) is 0 Å². The van der Waals surface area contributed by atoms with Crippen LogP contribution in [0, 0.1) is 5.92 Å². The number of β-amino-alcohol motifs (C(OH)–C–C–N with tert-alkyl or cyclic N) is 1. The zero-order valence-corrected chi connectivity index (χ0v) is 17.8. The fraction of sp³-hybridized carbons (Fsp3) is 0.636. The van der Waals surface area contributed by atoms with Crippen LogP contribution in [0.5, 0.6) is 0 Å². The molecule has 7 heteroatoms. The molecule has 2 N–H and O–H groups in total. The number of benzene rings is 1. The van der Waals surface area contributed by atoms with E-state index in [1.165, 1.54) is 0 Å². The molecule has 1 aromatic rings. The van der Waals surface area contributed by atoms with E-state index in [9.17, 15) is 14.7 Å². The molecule has 1 aliphatic carbocycles. The Balaban J connectivity index is 1.63. The van der Waals surface area contributed by atoms with Gasteiger partial charge in [-0.15, -0.1) is 0 Å². The van der Waals surface area contributed by atoms with E-state index in [1.54, 1.807) is 20.8 Å². The number of hydrazine groups is 1. The average Bonchev–Trinajstić information content (AvgIpc) is 3.38. The topological polar surface area (TPSA) is 76.1 Å². The van der Waals surface area contributed by atoms with Crippen LogP contribution in [0.25, 0.3) is 0 Å². The highest BCUT2D eigenvalue weighted by molar-refractivity contribution is 6.05. The van der Waals surface area contributed by atoms with Crippen LogP contribution in [-0.2, 0) is 9.59 Å². The highest BCUT2D eigenvalue weighted by Crippen LogP contribution is 2.41. The maximum atomic E-state index is 13.0. The van der Waals surface area contributed by atoms with Crippen molar-refractivity contribution in [1.82, 2.24) is 10.4 Å². The van der Waals surface area contributed by atoms with E-state index in [0.717, 1.165) is 42.9 Å². The zero-order valence-electron chi connectivity index (χ0n) is 17.8. The van der Waals surface area contributed by atoms with Crippen molar-refractivity contribution < 1.29 is 14.7 Å². The van der Waals surface area contributed by atoms with Gasteiger partial charge in [0.05, 0.1) is 23.0 Å². The van der Waals surface area contributed by atoms with E-state index in [1.807, 2.05) is 22.8 Å². The summed E-state index contributed by atoms with van der Waals surface area (Å²) in [6, 6.07) is 6.13. The molecule has 1 saturated carbocycles. The molecule has 158 valence electrons. The summed E-state index contributed by atoms with van der Waals surface area (Å²) in [4.78, 5) is 29.0. The lowest BCUT2D eigenvalue weighted by Gasteiger charge is -2.41. The number of nitrogens with one attached hydrogen (secondary N) is 1. The van der Waals surface area contributed by atoms with Gasteiger partial charge in [0.15, 0.2) is 0 Å². The van der Waals surface area contributed by atoms with Gasteiger partial charge in [-0.2, -0.15) is 0 Å². The van der Waals surface area contributed by atoms with Gasteiger partial charge >= 0.3 is 0 Å². The summed E-state index contributed by atoms with van der Waals surface area (Å²) in [5.74, 6) is 0.597. The van der Waals surface area contributed by atoms with Crippen molar-refractivity contribution in [1.29, 1.82) is 0 Å². The number of aliphatic hydroxyl groups is 1. The van der Waals surface area contributed by atoms with Gasteiger partial charge in [-0.05, 0) is 51.3 Å². The zero-order chi connectivity index (χ0) is 20.9. The molecule has 3 aliphatic rings. The minimum atomic E-state index is -0.761. The Kier molecular flexibility index (Phi) is 5.17. The number of nitrogens with zero attached hydrogens (tertiary/aromatic N) is 3. The number of carbonyl (C=O) groups excluding carboxylic acids is 2.